The van der Waals surface area contributed by atoms with Crippen molar-refractivity contribution in [3.63, 3.8) is 0 Å². The summed E-state index contributed by atoms with van der Waals surface area (Å²) in [6, 6.07) is 0. The molecule has 1 heterocycles. The number of aliphatic imine (C=N–C) groups is 1. The third kappa shape index (κ3) is 9.42. The minimum atomic E-state index is 0.195. The maximum absolute atomic E-state index is 4.72. The van der Waals surface area contributed by atoms with Gasteiger partial charge < -0.3 is 20.4 Å². The van der Waals surface area contributed by atoms with Crippen LogP contribution < -0.4 is 10.6 Å². The number of rotatable bonds is 8. The van der Waals surface area contributed by atoms with E-state index in [2.05, 4.69) is 54.5 Å². The van der Waals surface area contributed by atoms with Crippen molar-refractivity contribution >= 4 is 17.7 Å². The van der Waals surface area contributed by atoms with Crippen molar-refractivity contribution in [1.82, 2.24) is 20.4 Å². The molecule has 0 unspecified atom stereocenters. The lowest BCUT2D eigenvalue weighted by atomic mass is 10.2. The number of nitrogens with one attached hydrogen (secondary N) is 2. The lowest BCUT2D eigenvalue weighted by Crippen LogP contribution is -2.40. The normalized spacial score (nSPS) is 18.7. The summed E-state index contributed by atoms with van der Waals surface area (Å²) in [7, 11) is 2.22. The number of thioether (sulfide) groups is 1. The molecule has 23 heavy (non-hydrogen) atoms. The molecule has 1 aliphatic rings. The van der Waals surface area contributed by atoms with Crippen LogP contribution in [-0.2, 0) is 0 Å². The standard InChI is InChI=1S/C17H37N5S/c1-6-18-16(20-15-17(2,3)23-5)19-9-7-11-22-12-8-10-21(4)13-14-22/h6-15H2,1-5H3,(H2,18,19,20). The van der Waals surface area contributed by atoms with E-state index in [4.69, 9.17) is 4.99 Å². The zero-order valence-electron chi connectivity index (χ0n) is 15.8. The molecule has 136 valence electrons. The molecule has 0 saturated carbocycles. The molecule has 0 aromatic heterocycles. The lowest BCUT2D eigenvalue weighted by Gasteiger charge is -2.21. The fourth-order valence-electron chi connectivity index (χ4n) is 2.51. The lowest BCUT2D eigenvalue weighted by molar-refractivity contribution is 0.274. The Balaban J connectivity index is 2.28. The third-order valence-corrected chi connectivity index (χ3v) is 5.50. The van der Waals surface area contributed by atoms with Crippen LogP contribution in [0.2, 0.25) is 0 Å². The van der Waals surface area contributed by atoms with Crippen molar-refractivity contribution in [2.45, 2.75) is 38.4 Å². The first-order valence-corrected chi connectivity index (χ1v) is 10.2. The molecule has 5 nitrogen and oxygen atoms in total. The highest BCUT2D eigenvalue weighted by Gasteiger charge is 2.15. The molecule has 6 heteroatoms. The first kappa shape index (κ1) is 20.6. The van der Waals surface area contributed by atoms with Gasteiger partial charge in [0, 0.05) is 30.9 Å². The van der Waals surface area contributed by atoms with Gasteiger partial charge in [-0.3, -0.25) is 4.99 Å². The van der Waals surface area contributed by atoms with Gasteiger partial charge in [-0.25, -0.2) is 0 Å². The van der Waals surface area contributed by atoms with Gasteiger partial charge in [0.05, 0.1) is 6.54 Å². The second-order valence-corrected chi connectivity index (χ2v) is 8.45. The summed E-state index contributed by atoms with van der Waals surface area (Å²) in [6.45, 7) is 15.4. The largest absolute Gasteiger partial charge is 0.357 e. The van der Waals surface area contributed by atoms with Crippen molar-refractivity contribution < 1.29 is 0 Å². The summed E-state index contributed by atoms with van der Waals surface area (Å²) in [4.78, 5) is 9.74. The first-order valence-electron chi connectivity index (χ1n) is 8.95. The molecule has 0 radical (unpaired) electrons. The Morgan fingerprint density at radius 1 is 1.17 bits per heavy atom. The molecule has 0 bridgehead atoms. The van der Waals surface area contributed by atoms with Crippen LogP contribution >= 0.6 is 11.8 Å². The Kier molecular flexibility index (Phi) is 9.99. The molecular formula is C17H37N5S. The first-order chi connectivity index (χ1) is 11.0. The molecule has 0 atom stereocenters. The Hall–Kier alpha value is -0.460. The van der Waals surface area contributed by atoms with E-state index in [9.17, 15) is 0 Å². The maximum atomic E-state index is 4.72. The fraction of sp³-hybridized carbons (Fsp3) is 0.941. The van der Waals surface area contributed by atoms with E-state index < -0.39 is 0 Å². The van der Waals surface area contributed by atoms with E-state index in [0.29, 0.717) is 0 Å². The predicted molar refractivity (Wildman–Crippen MR) is 105 cm³/mol. The van der Waals surface area contributed by atoms with Crippen LogP contribution in [0.1, 0.15) is 33.6 Å². The maximum Gasteiger partial charge on any atom is 0.191 e. The van der Waals surface area contributed by atoms with Gasteiger partial charge in [0.25, 0.3) is 0 Å². The zero-order chi connectivity index (χ0) is 17.1. The van der Waals surface area contributed by atoms with Gasteiger partial charge in [-0.2, -0.15) is 11.8 Å². The molecular weight excluding hydrogens is 306 g/mol. The Bertz CT molecular complexity index is 346. The smallest absolute Gasteiger partial charge is 0.191 e. The SMILES string of the molecule is CCNC(=NCC(C)(C)SC)NCCCN1CCCN(C)CC1. The molecule has 0 spiro atoms. The molecule has 2 N–H and O–H groups in total. The Morgan fingerprint density at radius 2 is 1.96 bits per heavy atom. The van der Waals surface area contributed by atoms with Crippen LogP contribution in [0.5, 0.6) is 0 Å². The van der Waals surface area contributed by atoms with Crippen molar-refractivity contribution in [3.05, 3.63) is 0 Å². The van der Waals surface area contributed by atoms with Crippen molar-refractivity contribution in [2.75, 3.05) is 65.7 Å². The van der Waals surface area contributed by atoms with Gasteiger partial charge in [0.1, 0.15) is 0 Å². The Labute approximate surface area is 147 Å². The number of guanidine groups is 1. The highest BCUT2D eigenvalue weighted by molar-refractivity contribution is 7.99. The third-order valence-electron chi connectivity index (χ3n) is 4.27. The molecule has 1 saturated heterocycles. The summed E-state index contributed by atoms with van der Waals surface area (Å²) < 4.78 is 0.195. The highest BCUT2D eigenvalue weighted by Crippen LogP contribution is 2.20. The van der Waals surface area contributed by atoms with Gasteiger partial charge in [0.15, 0.2) is 5.96 Å². The predicted octanol–water partition coefficient (Wildman–Crippen LogP) is 1.71. The number of nitrogens with zero attached hydrogens (tertiary/aromatic N) is 3. The second-order valence-electron chi connectivity index (χ2n) is 6.94. The van der Waals surface area contributed by atoms with Crippen LogP contribution in [0.15, 0.2) is 4.99 Å². The van der Waals surface area contributed by atoms with E-state index in [1.807, 2.05) is 11.8 Å². The summed E-state index contributed by atoms with van der Waals surface area (Å²) in [5.74, 6) is 0.949. The summed E-state index contributed by atoms with van der Waals surface area (Å²) in [5, 5.41) is 6.82. The van der Waals surface area contributed by atoms with Crippen LogP contribution in [-0.4, -0.2) is 86.2 Å². The average Bonchev–Trinajstić information content (AvgIpc) is 2.73. The molecule has 0 aromatic rings. The summed E-state index contributed by atoms with van der Waals surface area (Å²) in [5.41, 5.74) is 0. The summed E-state index contributed by atoms with van der Waals surface area (Å²) in [6.07, 6.45) is 4.60. The minimum Gasteiger partial charge on any atom is -0.357 e. The second kappa shape index (κ2) is 11.2. The van der Waals surface area contributed by atoms with Crippen LogP contribution in [0, 0.1) is 0 Å². The van der Waals surface area contributed by atoms with Crippen LogP contribution in [0.25, 0.3) is 0 Å². The molecule has 0 amide bonds. The topological polar surface area (TPSA) is 42.9 Å². The van der Waals surface area contributed by atoms with Crippen LogP contribution in [0.3, 0.4) is 0 Å². The van der Waals surface area contributed by atoms with Crippen molar-refractivity contribution in [3.8, 4) is 0 Å². The molecule has 1 fully saturated rings. The quantitative estimate of drug-likeness (QED) is 0.399. The van der Waals surface area contributed by atoms with E-state index in [-0.39, 0.29) is 4.75 Å². The van der Waals surface area contributed by atoms with Crippen molar-refractivity contribution in [1.29, 1.82) is 0 Å². The molecule has 1 aliphatic heterocycles. The summed E-state index contributed by atoms with van der Waals surface area (Å²) >= 11 is 1.86. The monoisotopic (exact) mass is 343 g/mol. The van der Waals surface area contributed by atoms with Gasteiger partial charge in [-0.05, 0) is 66.6 Å². The zero-order valence-corrected chi connectivity index (χ0v) is 16.6. The number of hydrogen-bond acceptors (Lipinski definition) is 4. The fourth-order valence-corrected chi connectivity index (χ4v) is 2.70. The van der Waals surface area contributed by atoms with Gasteiger partial charge in [0.2, 0.25) is 0 Å². The average molecular weight is 344 g/mol. The van der Waals surface area contributed by atoms with Gasteiger partial charge in [-0.15, -0.1) is 0 Å². The van der Waals surface area contributed by atoms with E-state index in [0.717, 1.165) is 25.6 Å². The van der Waals surface area contributed by atoms with Gasteiger partial charge in [-0.1, -0.05) is 0 Å². The highest BCUT2D eigenvalue weighted by atomic mass is 32.2. The molecule has 1 rings (SSSR count). The van der Waals surface area contributed by atoms with E-state index in [1.54, 1.807) is 0 Å². The van der Waals surface area contributed by atoms with Crippen LogP contribution in [0.4, 0.5) is 0 Å². The molecule has 0 aliphatic carbocycles. The Morgan fingerprint density at radius 3 is 2.65 bits per heavy atom. The van der Waals surface area contributed by atoms with Gasteiger partial charge >= 0.3 is 0 Å². The minimum absolute atomic E-state index is 0.195. The van der Waals surface area contributed by atoms with E-state index in [1.165, 1.54) is 45.6 Å². The van der Waals surface area contributed by atoms with E-state index >= 15 is 0 Å². The molecule has 0 aromatic carbocycles. The number of hydrogen-bond donors (Lipinski definition) is 2. The number of likely N-dealkylation sites (N-methyl/N-ethyl adjacent to an activating group) is 1. The van der Waals surface area contributed by atoms with Crippen molar-refractivity contribution in [2.24, 2.45) is 4.99 Å².